The highest BCUT2D eigenvalue weighted by Crippen LogP contribution is 2.18. The van der Waals surface area contributed by atoms with E-state index in [1.807, 2.05) is 4.90 Å². The van der Waals surface area contributed by atoms with E-state index in [4.69, 9.17) is 5.11 Å². The van der Waals surface area contributed by atoms with Crippen molar-refractivity contribution < 1.29 is 9.90 Å². The number of amides is 2. The van der Waals surface area contributed by atoms with Crippen LogP contribution in [0.15, 0.2) is 0 Å². The number of piperidine rings is 2. The fourth-order valence-electron chi connectivity index (χ4n) is 3.26. The molecule has 2 N–H and O–H groups in total. The summed E-state index contributed by atoms with van der Waals surface area (Å²) in [5.74, 6) is 1.22. The Morgan fingerprint density at radius 1 is 1.19 bits per heavy atom. The summed E-state index contributed by atoms with van der Waals surface area (Å²) < 4.78 is 0. The number of carbonyl (C=O) groups excluding carboxylic acids is 1. The molecule has 1 unspecified atom stereocenters. The summed E-state index contributed by atoms with van der Waals surface area (Å²) >= 11 is 0. The Bertz CT molecular complexity index is 321. The Kier molecular flexibility index (Phi) is 6.30. The normalized spacial score (nSPS) is 24.0. The molecule has 0 spiro atoms. The van der Waals surface area contributed by atoms with Gasteiger partial charge in [-0.05, 0) is 57.5 Å². The smallest absolute Gasteiger partial charge is 0.317 e. The summed E-state index contributed by atoms with van der Waals surface area (Å²) in [7, 11) is 0. The highest BCUT2D eigenvalue weighted by Gasteiger charge is 2.24. The number of rotatable bonds is 4. The number of aliphatic hydroxyl groups is 1. The second-order valence-corrected chi connectivity index (χ2v) is 6.87. The summed E-state index contributed by atoms with van der Waals surface area (Å²) in [5, 5.41) is 12.2. The first-order valence-electron chi connectivity index (χ1n) is 8.47. The predicted molar refractivity (Wildman–Crippen MR) is 84.2 cm³/mol. The van der Waals surface area contributed by atoms with Crippen LogP contribution >= 0.6 is 0 Å². The molecule has 2 heterocycles. The van der Waals surface area contributed by atoms with Crippen LogP contribution in [0.25, 0.3) is 0 Å². The number of urea groups is 1. The maximum Gasteiger partial charge on any atom is 0.317 e. The van der Waals surface area contributed by atoms with Crippen molar-refractivity contribution in [2.24, 2.45) is 11.8 Å². The molecule has 122 valence electrons. The first-order chi connectivity index (χ1) is 10.1. The molecule has 21 heavy (non-hydrogen) atoms. The van der Waals surface area contributed by atoms with Crippen molar-refractivity contribution in [3.63, 3.8) is 0 Å². The van der Waals surface area contributed by atoms with Crippen molar-refractivity contribution in [3.8, 4) is 0 Å². The van der Waals surface area contributed by atoms with Gasteiger partial charge in [0.05, 0.1) is 0 Å². The number of carbonyl (C=O) groups is 1. The van der Waals surface area contributed by atoms with Crippen LogP contribution in [0.2, 0.25) is 0 Å². The number of hydrogen-bond acceptors (Lipinski definition) is 3. The Balaban J connectivity index is 1.66. The van der Waals surface area contributed by atoms with Gasteiger partial charge >= 0.3 is 6.03 Å². The minimum absolute atomic E-state index is 0.0589. The van der Waals surface area contributed by atoms with Crippen LogP contribution in [0.5, 0.6) is 0 Å². The van der Waals surface area contributed by atoms with Gasteiger partial charge in [0.25, 0.3) is 0 Å². The number of aliphatic hydroxyl groups excluding tert-OH is 1. The number of nitrogens with one attached hydrogen (secondary N) is 1. The third kappa shape index (κ3) is 4.85. The lowest BCUT2D eigenvalue weighted by Crippen LogP contribution is -2.50. The Hall–Kier alpha value is -0.810. The van der Waals surface area contributed by atoms with E-state index in [9.17, 15) is 4.79 Å². The van der Waals surface area contributed by atoms with Gasteiger partial charge in [0.1, 0.15) is 0 Å². The van der Waals surface area contributed by atoms with Crippen LogP contribution in [-0.2, 0) is 0 Å². The highest BCUT2D eigenvalue weighted by molar-refractivity contribution is 5.74. The molecule has 5 heteroatoms. The van der Waals surface area contributed by atoms with Crippen molar-refractivity contribution >= 4 is 6.03 Å². The third-order valence-electron chi connectivity index (χ3n) is 5.15. The van der Waals surface area contributed by atoms with Crippen LogP contribution in [0.4, 0.5) is 4.79 Å². The van der Waals surface area contributed by atoms with E-state index in [1.54, 1.807) is 0 Å². The molecule has 0 radical (unpaired) electrons. The summed E-state index contributed by atoms with van der Waals surface area (Å²) in [6.45, 7) is 9.35. The van der Waals surface area contributed by atoms with Gasteiger partial charge in [0.2, 0.25) is 0 Å². The molecule has 1 atom stereocenters. The molecule has 0 aromatic carbocycles. The zero-order chi connectivity index (χ0) is 15.2. The zero-order valence-corrected chi connectivity index (χ0v) is 13.6. The van der Waals surface area contributed by atoms with Crippen LogP contribution in [0.3, 0.4) is 0 Å². The Labute approximate surface area is 128 Å². The first kappa shape index (κ1) is 16.6. The molecule has 2 rings (SSSR count). The van der Waals surface area contributed by atoms with Crippen molar-refractivity contribution in [1.82, 2.24) is 15.1 Å². The average Bonchev–Trinajstić information content (AvgIpc) is 2.53. The van der Waals surface area contributed by atoms with Crippen molar-refractivity contribution in [3.05, 3.63) is 0 Å². The monoisotopic (exact) mass is 297 g/mol. The fourth-order valence-corrected chi connectivity index (χ4v) is 3.26. The molecule has 0 aliphatic carbocycles. The largest absolute Gasteiger partial charge is 0.396 e. The molecule has 2 saturated heterocycles. The topological polar surface area (TPSA) is 55.8 Å². The molecule has 0 bridgehead atoms. The second-order valence-electron chi connectivity index (χ2n) is 6.87. The van der Waals surface area contributed by atoms with E-state index in [2.05, 4.69) is 24.1 Å². The van der Waals surface area contributed by atoms with Crippen molar-refractivity contribution in [2.75, 3.05) is 39.3 Å². The van der Waals surface area contributed by atoms with Crippen molar-refractivity contribution in [2.45, 2.75) is 45.6 Å². The molecule has 2 aliphatic heterocycles. The summed E-state index contributed by atoms with van der Waals surface area (Å²) in [4.78, 5) is 16.5. The van der Waals surface area contributed by atoms with Gasteiger partial charge in [0.15, 0.2) is 0 Å². The van der Waals surface area contributed by atoms with E-state index in [0.717, 1.165) is 51.5 Å². The molecule has 0 aromatic heterocycles. The Morgan fingerprint density at radius 2 is 1.81 bits per heavy atom. The lowest BCUT2D eigenvalue weighted by Gasteiger charge is -2.36. The van der Waals surface area contributed by atoms with Gasteiger partial charge in [-0.15, -0.1) is 0 Å². The van der Waals surface area contributed by atoms with Gasteiger partial charge < -0.3 is 15.3 Å². The van der Waals surface area contributed by atoms with E-state index in [0.29, 0.717) is 12.0 Å². The summed E-state index contributed by atoms with van der Waals surface area (Å²) in [5.41, 5.74) is 0. The van der Waals surface area contributed by atoms with Crippen LogP contribution in [0, 0.1) is 11.8 Å². The lowest BCUT2D eigenvalue weighted by atomic mass is 9.98. The van der Waals surface area contributed by atoms with Crippen LogP contribution < -0.4 is 5.32 Å². The fraction of sp³-hybridized carbons (Fsp3) is 0.938. The van der Waals surface area contributed by atoms with E-state index >= 15 is 0 Å². The van der Waals surface area contributed by atoms with Gasteiger partial charge in [-0.3, -0.25) is 4.90 Å². The summed E-state index contributed by atoms with van der Waals surface area (Å²) in [6.07, 6.45) is 4.38. The first-order valence-corrected chi connectivity index (χ1v) is 8.47. The highest BCUT2D eigenvalue weighted by atomic mass is 16.3. The zero-order valence-electron chi connectivity index (χ0n) is 13.6. The van der Waals surface area contributed by atoms with E-state index in [-0.39, 0.29) is 12.6 Å². The number of nitrogens with zero attached hydrogens (tertiary/aromatic N) is 2. The van der Waals surface area contributed by atoms with Gasteiger partial charge in [-0.1, -0.05) is 6.92 Å². The number of hydrogen-bond donors (Lipinski definition) is 2. The molecular weight excluding hydrogens is 266 g/mol. The second kappa shape index (κ2) is 7.99. The number of likely N-dealkylation sites (tertiary alicyclic amines) is 2. The van der Waals surface area contributed by atoms with E-state index < -0.39 is 0 Å². The van der Waals surface area contributed by atoms with Crippen molar-refractivity contribution in [1.29, 1.82) is 0 Å². The maximum absolute atomic E-state index is 12.2. The minimum atomic E-state index is 0.0589. The molecule has 0 aromatic rings. The maximum atomic E-state index is 12.2. The SMILES string of the molecule is CC1CCN(C(C)CNC(=O)N2CCC(CO)CC2)CC1. The lowest BCUT2D eigenvalue weighted by molar-refractivity contribution is 0.128. The van der Waals surface area contributed by atoms with Gasteiger partial charge in [0, 0.05) is 32.3 Å². The minimum Gasteiger partial charge on any atom is -0.396 e. The third-order valence-corrected chi connectivity index (χ3v) is 5.15. The quantitative estimate of drug-likeness (QED) is 0.827. The molecule has 2 amide bonds. The molecule has 2 aliphatic rings. The molecular formula is C16H31N3O2. The Morgan fingerprint density at radius 3 is 2.38 bits per heavy atom. The standard InChI is InChI=1S/C16H31N3O2/c1-13-3-7-18(8-4-13)14(2)11-17-16(21)19-9-5-15(12-20)6-10-19/h13-15,20H,3-12H2,1-2H3,(H,17,21). The predicted octanol–water partition coefficient (Wildman–Crippen LogP) is 1.52. The van der Waals surface area contributed by atoms with Gasteiger partial charge in [-0.25, -0.2) is 4.79 Å². The van der Waals surface area contributed by atoms with Crippen LogP contribution in [-0.4, -0.2) is 66.3 Å². The summed E-state index contributed by atoms with van der Waals surface area (Å²) in [6, 6.07) is 0.472. The van der Waals surface area contributed by atoms with E-state index in [1.165, 1.54) is 12.8 Å². The van der Waals surface area contributed by atoms with Gasteiger partial charge in [-0.2, -0.15) is 0 Å². The molecule has 0 saturated carbocycles. The average molecular weight is 297 g/mol. The molecule has 2 fully saturated rings. The van der Waals surface area contributed by atoms with Crippen LogP contribution in [0.1, 0.15) is 39.5 Å². The molecule has 5 nitrogen and oxygen atoms in total.